The van der Waals surface area contributed by atoms with E-state index in [4.69, 9.17) is 0 Å². The molecule has 0 fully saturated rings. The average Bonchev–Trinajstić information content (AvgIpc) is 2.57. The summed E-state index contributed by atoms with van der Waals surface area (Å²) in [7, 11) is 0. The molecule has 0 aliphatic rings. The van der Waals surface area contributed by atoms with E-state index in [-0.39, 0.29) is 12.4 Å². The fraction of sp³-hybridized carbons (Fsp3) is 0.444. The minimum atomic E-state index is -4.24. The van der Waals surface area contributed by atoms with Gasteiger partial charge in [-0.3, -0.25) is 4.79 Å². The van der Waals surface area contributed by atoms with Gasteiger partial charge in [0.1, 0.15) is 6.61 Å². The predicted molar refractivity (Wildman–Crippen MR) is 57.8 cm³/mol. The van der Waals surface area contributed by atoms with Crippen molar-refractivity contribution in [2.24, 2.45) is 0 Å². The van der Waals surface area contributed by atoms with Gasteiger partial charge in [-0.05, 0) is 27.4 Å². The molecule has 0 spiro atoms. The highest BCUT2D eigenvalue weighted by Gasteiger charge is 2.26. The Morgan fingerprint density at radius 2 is 2.19 bits per heavy atom. The molecule has 0 bridgehead atoms. The maximum atomic E-state index is 11.7. The predicted octanol–water partition coefficient (Wildman–Crippen LogP) is 3.66. The number of thiophene rings is 1. The van der Waals surface area contributed by atoms with Crippen LogP contribution in [0.4, 0.5) is 13.2 Å². The number of alkyl halides is 3. The lowest BCUT2D eigenvalue weighted by molar-refractivity contribution is -0.144. The quantitative estimate of drug-likeness (QED) is 0.612. The number of carbonyl (C=O) groups excluding carboxylic acids is 1. The van der Waals surface area contributed by atoms with Crippen molar-refractivity contribution in [1.82, 2.24) is 0 Å². The molecule has 1 heterocycles. The lowest BCUT2D eigenvalue weighted by Gasteiger charge is -2.06. The fourth-order valence-corrected chi connectivity index (χ4v) is 2.43. The smallest absolute Gasteiger partial charge is 0.373 e. The summed E-state index contributed by atoms with van der Waals surface area (Å²) in [5.41, 5.74) is 0. The topological polar surface area (TPSA) is 26.3 Å². The normalized spacial score (nSPS) is 11.8. The van der Waals surface area contributed by atoms with Crippen LogP contribution < -0.4 is 0 Å². The Kier molecular flexibility index (Phi) is 4.94. The molecule has 7 heteroatoms. The molecule has 0 saturated carbocycles. The average molecular weight is 317 g/mol. The van der Waals surface area contributed by atoms with E-state index in [1.807, 2.05) is 0 Å². The molecule has 0 amide bonds. The van der Waals surface area contributed by atoms with Crippen LogP contribution in [-0.4, -0.2) is 25.2 Å². The van der Waals surface area contributed by atoms with Gasteiger partial charge >= 0.3 is 6.18 Å². The Morgan fingerprint density at radius 3 is 2.69 bits per heavy atom. The van der Waals surface area contributed by atoms with Crippen molar-refractivity contribution in [3.8, 4) is 0 Å². The first kappa shape index (κ1) is 13.7. The van der Waals surface area contributed by atoms with Gasteiger partial charge in [-0.25, -0.2) is 0 Å². The van der Waals surface area contributed by atoms with Crippen molar-refractivity contribution in [3.63, 3.8) is 0 Å². The largest absolute Gasteiger partial charge is 0.391 e. The monoisotopic (exact) mass is 316 g/mol. The number of hydrogen-bond acceptors (Lipinski definition) is 3. The van der Waals surface area contributed by atoms with Gasteiger partial charge < -0.3 is 4.74 Å². The maximum absolute atomic E-state index is 11.7. The van der Waals surface area contributed by atoms with Crippen LogP contribution in [-0.2, 0) is 4.74 Å². The van der Waals surface area contributed by atoms with Crippen molar-refractivity contribution < 1.29 is 22.7 Å². The summed E-state index contributed by atoms with van der Waals surface area (Å²) in [6.45, 7) is -0.812. The van der Waals surface area contributed by atoms with Crippen LogP contribution in [0.2, 0.25) is 0 Å². The van der Waals surface area contributed by atoms with E-state index < -0.39 is 19.2 Å². The third kappa shape index (κ3) is 4.63. The van der Waals surface area contributed by atoms with Crippen LogP contribution in [0, 0.1) is 0 Å². The number of ether oxygens (including phenoxy) is 1. The third-order valence-electron chi connectivity index (χ3n) is 1.63. The molecule has 1 aromatic heterocycles. The molecule has 90 valence electrons. The summed E-state index contributed by atoms with van der Waals surface area (Å²) in [6.07, 6.45) is -5.28. The van der Waals surface area contributed by atoms with Gasteiger partial charge in [0.05, 0.1) is 17.9 Å². The molecule has 0 aromatic carbocycles. The lowest BCUT2D eigenvalue weighted by atomic mass is 10.3. The molecule has 2 nitrogen and oxygen atoms in total. The SMILES string of the molecule is O=C(COCCC(F)(F)F)c1sccc1Br. The number of halogens is 4. The first-order valence-corrected chi connectivity index (χ1v) is 5.98. The molecule has 1 aromatic rings. The standard InChI is InChI=1S/C9H8BrF3O2S/c10-6-1-4-16-8(6)7(14)5-15-3-2-9(11,12)13/h1,4H,2-3,5H2. The molecule has 0 saturated heterocycles. The van der Waals surface area contributed by atoms with Crippen molar-refractivity contribution in [1.29, 1.82) is 0 Å². The Morgan fingerprint density at radius 1 is 1.50 bits per heavy atom. The van der Waals surface area contributed by atoms with E-state index >= 15 is 0 Å². The molecule has 1 rings (SSSR count). The molecular formula is C9H8BrF3O2S. The molecule has 0 N–H and O–H groups in total. The van der Waals surface area contributed by atoms with E-state index in [9.17, 15) is 18.0 Å². The number of rotatable bonds is 5. The van der Waals surface area contributed by atoms with Crippen molar-refractivity contribution >= 4 is 33.0 Å². The zero-order valence-corrected chi connectivity index (χ0v) is 10.4. The summed E-state index contributed by atoms with van der Waals surface area (Å²) in [5.74, 6) is -0.316. The Labute approximate surface area is 103 Å². The first-order valence-electron chi connectivity index (χ1n) is 4.31. The molecule has 0 radical (unpaired) electrons. The summed E-state index contributed by atoms with van der Waals surface area (Å²) >= 11 is 4.38. The van der Waals surface area contributed by atoms with Crippen LogP contribution in [0.25, 0.3) is 0 Å². The highest BCUT2D eigenvalue weighted by atomic mass is 79.9. The zero-order chi connectivity index (χ0) is 12.2. The number of Topliss-reactive ketones (excluding diaryl/α,β-unsaturated/α-hetero) is 1. The van der Waals surface area contributed by atoms with Gasteiger partial charge in [0.15, 0.2) is 5.78 Å². The van der Waals surface area contributed by atoms with Crippen molar-refractivity contribution in [2.45, 2.75) is 12.6 Å². The van der Waals surface area contributed by atoms with E-state index in [2.05, 4.69) is 20.7 Å². The van der Waals surface area contributed by atoms with E-state index in [1.165, 1.54) is 11.3 Å². The summed E-state index contributed by atoms with van der Waals surface area (Å²) in [6, 6.07) is 1.70. The van der Waals surface area contributed by atoms with Crippen LogP contribution in [0.1, 0.15) is 16.1 Å². The summed E-state index contributed by atoms with van der Waals surface area (Å²) < 4.78 is 40.5. The van der Waals surface area contributed by atoms with Crippen molar-refractivity contribution in [2.75, 3.05) is 13.2 Å². The van der Waals surface area contributed by atoms with E-state index in [0.717, 1.165) is 0 Å². The van der Waals surface area contributed by atoms with Gasteiger partial charge in [0.2, 0.25) is 0 Å². The minimum Gasteiger partial charge on any atom is -0.373 e. The van der Waals surface area contributed by atoms with Crippen LogP contribution in [0.15, 0.2) is 15.9 Å². The third-order valence-corrected chi connectivity index (χ3v) is 3.51. The van der Waals surface area contributed by atoms with E-state index in [0.29, 0.717) is 9.35 Å². The zero-order valence-electron chi connectivity index (χ0n) is 8.01. The first-order chi connectivity index (χ1) is 7.40. The maximum Gasteiger partial charge on any atom is 0.391 e. The molecule has 0 unspecified atom stereocenters. The van der Waals surface area contributed by atoms with E-state index in [1.54, 1.807) is 11.4 Å². The van der Waals surface area contributed by atoms with Gasteiger partial charge in [0, 0.05) is 4.47 Å². The number of hydrogen-bond donors (Lipinski definition) is 0. The van der Waals surface area contributed by atoms with Gasteiger partial charge in [-0.1, -0.05) is 0 Å². The number of carbonyl (C=O) groups is 1. The Hall–Kier alpha value is -0.400. The molecule has 0 aliphatic carbocycles. The van der Waals surface area contributed by atoms with Crippen LogP contribution in [0.5, 0.6) is 0 Å². The van der Waals surface area contributed by atoms with Gasteiger partial charge in [-0.2, -0.15) is 13.2 Å². The summed E-state index contributed by atoms with van der Waals surface area (Å²) in [5, 5.41) is 1.72. The van der Waals surface area contributed by atoms with Crippen LogP contribution in [0.3, 0.4) is 0 Å². The highest BCUT2D eigenvalue weighted by Crippen LogP contribution is 2.23. The fourth-order valence-electron chi connectivity index (χ4n) is 0.911. The second-order valence-electron chi connectivity index (χ2n) is 2.94. The Balaban J connectivity index is 2.29. The molecule has 0 aliphatic heterocycles. The highest BCUT2D eigenvalue weighted by molar-refractivity contribution is 9.10. The number of ketones is 1. The van der Waals surface area contributed by atoms with Gasteiger partial charge in [-0.15, -0.1) is 11.3 Å². The second kappa shape index (κ2) is 5.79. The molecular weight excluding hydrogens is 309 g/mol. The minimum absolute atomic E-state index is 0.316. The molecule has 16 heavy (non-hydrogen) atoms. The Bertz CT molecular complexity index is 362. The molecule has 0 atom stereocenters. The second-order valence-corrected chi connectivity index (χ2v) is 4.71. The lowest BCUT2D eigenvalue weighted by Crippen LogP contribution is -2.15. The van der Waals surface area contributed by atoms with Gasteiger partial charge in [0.25, 0.3) is 0 Å². The summed E-state index contributed by atoms with van der Waals surface area (Å²) in [4.78, 5) is 11.9. The van der Waals surface area contributed by atoms with Crippen LogP contribution >= 0.6 is 27.3 Å². The van der Waals surface area contributed by atoms with Crippen molar-refractivity contribution in [3.05, 3.63) is 20.8 Å².